The van der Waals surface area contributed by atoms with Crippen molar-refractivity contribution in [2.45, 2.75) is 26.9 Å². The number of benzene rings is 2. The lowest BCUT2D eigenvalue weighted by Gasteiger charge is -2.12. The SMILES string of the molecule is CCNC(=O)c1ccc(CNC(=NCc2cccc(F)c2)NCC)cc1. The molecule has 0 spiro atoms. The Morgan fingerprint density at radius 1 is 0.962 bits per heavy atom. The van der Waals surface area contributed by atoms with Gasteiger partial charge in [0.05, 0.1) is 6.54 Å². The molecule has 0 atom stereocenters. The molecule has 0 aromatic heterocycles. The molecule has 0 heterocycles. The number of nitrogens with zero attached hydrogens (tertiary/aromatic N) is 1. The summed E-state index contributed by atoms with van der Waals surface area (Å²) in [5.41, 5.74) is 2.49. The van der Waals surface area contributed by atoms with Crippen molar-refractivity contribution >= 4 is 11.9 Å². The molecule has 5 nitrogen and oxygen atoms in total. The third-order valence-corrected chi connectivity index (χ3v) is 3.67. The second kappa shape index (κ2) is 10.2. The molecule has 0 aliphatic heterocycles. The van der Waals surface area contributed by atoms with Gasteiger partial charge in [-0.3, -0.25) is 4.79 Å². The van der Waals surface area contributed by atoms with Gasteiger partial charge in [-0.25, -0.2) is 9.38 Å². The van der Waals surface area contributed by atoms with Crippen molar-refractivity contribution in [2.24, 2.45) is 4.99 Å². The lowest BCUT2D eigenvalue weighted by molar-refractivity contribution is 0.0956. The molecular weight excluding hydrogens is 331 g/mol. The van der Waals surface area contributed by atoms with Gasteiger partial charge in [-0.2, -0.15) is 0 Å². The van der Waals surface area contributed by atoms with E-state index in [1.807, 2.05) is 32.0 Å². The zero-order valence-corrected chi connectivity index (χ0v) is 15.2. The van der Waals surface area contributed by atoms with Gasteiger partial charge in [0.1, 0.15) is 5.82 Å². The van der Waals surface area contributed by atoms with E-state index < -0.39 is 0 Å². The molecular formula is C20H25FN4O. The Morgan fingerprint density at radius 2 is 1.69 bits per heavy atom. The molecule has 2 aromatic rings. The molecule has 1 amide bonds. The summed E-state index contributed by atoms with van der Waals surface area (Å²) in [7, 11) is 0. The zero-order chi connectivity index (χ0) is 18.8. The zero-order valence-electron chi connectivity index (χ0n) is 15.2. The number of amides is 1. The number of halogens is 1. The fraction of sp³-hybridized carbons (Fsp3) is 0.300. The van der Waals surface area contributed by atoms with Crippen LogP contribution in [0.4, 0.5) is 4.39 Å². The van der Waals surface area contributed by atoms with E-state index in [4.69, 9.17) is 0 Å². The van der Waals surface area contributed by atoms with Gasteiger partial charge >= 0.3 is 0 Å². The molecule has 0 unspecified atom stereocenters. The lowest BCUT2D eigenvalue weighted by atomic mass is 10.1. The summed E-state index contributed by atoms with van der Waals surface area (Å²) in [5.74, 6) is 0.324. The van der Waals surface area contributed by atoms with Crippen LogP contribution in [0.15, 0.2) is 53.5 Å². The molecule has 2 aromatic carbocycles. The van der Waals surface area contributed by atoms with Gasteiger partial charge in [-0.1, -0.05) is 24.3 Å². The van der Waals surface area contributed by atoms with Crippen LogP contribution in [0.3, 0.4) is 0 Å². The Hall–Kier alpha value is -2.89. The van der Waals surface area contributed by atoms with Crippen LogP contribution in [0.25, 0.3) is 0 Å². The van der Waals surface area contributed by atoms with Crippen LogP contribution in [-0.4, -0.2) is 25.0 Å². The first kappa shape index (κ1) is 19.4. The van der Waals surface area contributed by atoms with Gasteiger partial charge in [0, 0.05) is 25.2 Å². The Balaban J connectivity index is 1.95. The van der Waals surface area contributed by atoms with Crippen molar-refractivity contribution in [2.75, 3.05) is 13.1 Å². The largest absolute Gasteiger partial charge is 0.357 e. The third kappa shape index (κ3) is 6.20. The highest BCUT2D eigenvalue weighted by Crippen LogP contribution is 2.06. The summed E-state index contributed by atoms with van der Waals surface area (Å²) in [5, 5.41) is 9.18. The lowest BCUT2D eigenvalue weighted by Crippen LogP contribution is -2.36. The number of rotatable bonds is 7. The first-order valence-electron chi connectivity index (χ1n) is 8.76. The number of hydrogen-bond acceptors (Lipinski definition) is 2. The molecule has 0 radical (unpaired) electrons. The summed E-state index contributed by atoms with van der Waals surface area (Å²) in [6.45, 7) is 6.18. The summed E-state index contributed by atoms with van der Waals surface area (Å²) < 4.78 is 13.2. The number of carbonyl (C=O) groups is 1. The van der Waals surface area contributed by atoms with E-state index >= 15 is 0 Å². The van der Waals surface area contributed by atoms with E-state index in [0.717, 1.165) is 17.7 Å². The topological polar surface area (TPSA) is 65.5 Å². The maximum absolute atomic E-state index is 13.2. The average Bonchev–Trinajstić information content (AvgIpc) is 2.65. The Morgan fingerprint density at radius 3 is 2.35 bits per heavy atom. The number of guanidine groups is 1. The third-order valence-electron chi connectivity index (χ3n) is 3.67. The highest BCUT2D eigenvalue weighted by atomic mass is 19.1. The molecule has 0 aliphatic rings. The monoisotopic (exact) mass is 356 g/mol. The maximum Gasteiger partial charge on any atom is 0.251 e. The minimum Gasteiger partial charge on any atom is -0.357 e. The fourth-order valence-electron chi connectivity index (χ4n) is 2.37. The van der Waals surface area contributed by atoms with E-state index in [2.05, 4.69) is 20.9 Å². The molecule has 0 fully saturated rings. The van der Waals surface area contributed by atoms with Gasteiger partial charge in [0.2, 0.25) is 0 Å². The van der Waals surface area contributed by atoms with Crippen molar-refractivity contribution in [3.63, 3.8) is 0 Å². The van der Waals surface area contributed by atoms with Crippen LogP contribution in [0.2, 0.25) is 0 Å². The van der Waals surface area contributed by atoms with Crippen LogP contribution in [0.1, 0.15) is 35.3 Å². The fourth-order valence-corrected chi connectivity index (χ4v) is 2.37. The molecule has 0 bridgehead atoms. The number of hydrogen-bond donors (Lipinski definition) is 3. The predicted molar refractivity (Wildman–Crippen MR) is 103 cm³/mol. The molecule has 0 saturated heterocycles. The van der Waals surface area contributed by atoms with Crippen LogP contribution in [-0.2, 0) is 13.1 Å². The summed E-state index contributed by atoms with van der Waals surface area (Å²) in [4.78, 5) is 16.2. The van der Waals surface area contributed by atoms with Crippen LogP contribution >= 0.6 is 0 Å². The van der Waals surface area contributed by atoms with Crippen LogP contribution in [0, 0.1) is 5.82 Å². The molecule has 3 N–H and O–H groups in total. The summed E-state index contributed by atoms with van der Waals surface area (Å²) in [6.07, 6.45) is 0. The van der Waals surface area contributed by atoms with E-state index in [9.17, 15) is 9.18 Å². The highest BCUT2D eigenvalue weighted by Gasteiger charge is 2.04. The Labute approximate surface area is 153 Å². The summed E-state index contributed by atoms with van der Waals surface area (Å²) in [6, 6.07) is 13.8. The minimum absolute atomic E-state index is 0.0722. The average molecular weight is 356 g/mol. The van der Waals surface area contributed by atoms with Crippen LogP contribution < -0.4 is 16.0 Å². The minimum atomic E-state index is -0.261. The van der Waals surface area contributed by atoms with Crippen molar-refractivity contribution < 1.29 is 9.18 Å². The number of aliphatic imine (C=N–C) groups is 1. The van der Waals surface area contributed by atoms with Gasteiger partial charge in [0.25, 0.3) is 5.91 Å². The maximum atomic E-state index is 13.2. The first-order chi connectivity index (χ1) is 12.6. The Bertz CT molecular complexity index is 744. The molecule has 0 aliphatic carbocycles. The van der Waals surface area contributed by atoms with Crippen molar-refractivity contribution in [1.29, 1.82) is 0 Å². The quantitative estimate of drug-likeness (QED) is 0.528. The molecule has 0 saturated carbocycles. The Kier molecular flexibility index (Phi) is 7.61. The van der Waals surface area contributed by atoms with E-state index in [-0.39, 0.29) is 11.7 Å². The molecule has 138 valence electrons. The van der Waals surface area contributed by atoms with Gasteiger partial charge in [-0.05, 0) is 49.2 Å². The van der Waals surface area contributed by atoms with Crippen LogP contribution in [0.5, 0.6) is 0 Å². The van der Waals surface area contributed by atoms with Crippen molar-refractivity contribution in [3.8, 4) is 0 Å². The second-order valence-corrected chi connectivity index (χ2v) is 5.74. The van der Waals surface area contributed by atoms with E-state index in [1.54, 1.807) is 18.2 Å². The van der Waals surface area contributed by atoms with Gasteiger partial charge in [-0.15, -0.1) is 0 Å². The van der Waals surface area contributed by atoms with Gasteiger partial charge in [0.15, 0.2) is 5.96 Å². The standard InChI is InChI=1S/C20H25FN4O/c1-3-22-19(26)17-10-8-15(9-11-17)13-24-20(23-4-2)25-14-16-6-5-7-18(21)12-16/h5-12H,3-4,13-14H2,1-2H3,(H,22,26)(H2,23,24,25). The second-order valence-electron chi connectivity index (χ2n) is 5.74. The summed E-state index contributed by atoms with van der Waals surface area (Å²) >= 11 is 0. The first-order valence-corrected chi connectivity index (χ1v) is 8.76. The molecule has 6 heteroatoms. The molecule has 2 rings (SSSR count). The molecule has 26 heavy (non-hydrogen) atoms. The van der Waals surface area contributed by atoms with Crippen molar-refractivity contribution in [3.05, 3.63) is 71.0 Å². The number of carbonyl (C=O) groups excluding carboxylic acids is 1. The predicted octanol–water partition coefficient (Wildman–Crippen LogP) is 2.83. The highest BCUT2D eigenvalue weighted by molar-refractivity contribution is 5.94. The van der Waals surface area contributed by atoms with Crippen molar-refractivity contribution in [1.82, 2.24) is 16.0 Å². The van der Waals surface area contributed by atoms with E-state index in [0.29, 0.717) is 31.2 Å². The number of nitrogens with one attached hydrogen (secondary N) is 3. The van der Waals surface area contributed by atoms with E-state index in [1.165, 1.54) is 12.1 Å². The normalized spacial score (nSPS) is 11.1. The van der Waals surface area contributed by atoms with Gasteiger partial charge < -0.3 is 16.0 Å². The smallest absolute Gasteiger partial charge is 0.251 e.